The second-order valence-corrected chi connectivity index (χ2v) is 4.86. The fraction of sp³-hybridized carbons (Fsp3) is 0.455. The molecule has 1 fully saturated rings. The van der Waals surface area contributed by atoms with Gasteiger partial charge in [0, 0.05) is 12.6 Å². The van der Waals surface area contributed by atoms with Gasteiger partial charge in [-0.2, -0.15) is 0 Å². The van der Waals surface area contributed by atoms with Crippen LogP contribution < -0.4 is 16.0 Å². The fourth-order valence-corrected chi connectivity index (χ4v) is 2.35. The average molecular weight is 290 g/mol. The van der Waals surface area contributed by atoms with Gasteiger partial charge in [0.15, 0.2) is 0 Å². The van der Waals surface area contributed by atoms with E-state index in [-0.39, 0.29) is 36.8 Å². The molecule has 0 bridgehead atoms. The van der Waals surface area contributed by atoms with Gasteiger partial charge in [-0.3, -0.25) is 9.59 Å². The highest BCUT2D eigenvalue weighted by Crippen LogP contribution is 2.07. The Morgan fingerprint density at radius 1 is 1.50 bits per heavy atom. The Morgan fingerprint density at radius 3 is 2.94 bits per heavy atom. The van der Waals surface area contributed by atoms with Crippen LogP contribution in [0, 0.1) is 0 Å². The molecule has 2 amide bonds. The van der Waals surface area contributed by atoms with Crippen LogP contribution in [0.25, 0.3) is 0 Å². The van der Waals surface area contributed by atoms with E-state index in [4.69, 9.17) is 0 Å². The summed E-state index contributed by atoms with van der Waals surface area (Å²) in [6.45, 7) is 1.78. The molecule has 1 atom stereocenters. The smallest absolute Gasteiger partial charge is 0.261 e. The lowest BCUT2D eigenvalue weighted by molar-refractivity contribution is -0.120. The minimum absolute atomic E-state index is 0. The fourth-order valence-electron chi connectivity index (χ4n) is 1.71. The minimum Gasteiger partial charge on any atom is -0.351 e. The van der Waals surface area contributed by atoms with E-state index in [1.165, 1.54) is 11.3 Å². The van der Waals surface area contributed by atoms with Gasteiger partial charge in [0.25, 0.3) is 5.91 Å². The lowest BCUT2D eigenvalue weighted by Gasteiger charge is -2.11. The summed E-state index contributed by atoms with van der Waals surface area (Å²) >= 11 is 1.36. The molecule has 1 aromatic rings. The third-order valence-corrected chi connectivity index (χ3v) is 3.45. The van der Waals surface area contributed by atoms with Crippen molar-refractivity contribution in [3.05, 3.63) is 22.4 Å². The molecule has 2 rings (SSSR count). The maximum Gasteiger partial charge on any atom is 0.261 e. The molecule has 0 aliphatic carbocycles. The summed E-state index contributed by atoms with van der Waals surface area (Å²) in [7, 11) is 0. The predicted molar refractivity (Wildman–Crippen MR) is 73.3 cm³/mol. The Morgan fingerprint density at radius 2 is 2.33 bits per heavy atom. The molecule has 1 unspecified atom stereocenters. The molecule has 100 valence electrons. The number of hydrogen-bond donors (Lipinski definition) is 3. The van der Waals surface area contributed by atoms with E-state index in [0.717, 1.165) is 19.5 Å². The molecule has 0 aromatic carbocycles. The molecule has 0 spiro atoms. The number of amides is 2. The third-order valence-electron chi connectivity index (χ3n) is 2.58. The van der Waals surface area contributed by atoms with Crippen LogP contribution in [0.1, 0.15) is 16.1 Å². The molecule has 7 heteroatoms. The highest BCUT2D eigenvalue weighted by Gasteiger charge is 2.17. The van der Waals surface area contributed by atoms with Gasteiger partial charge in [-0.25, -0.2) is 0 Å². The maximum atomic E-state index is 11.6. The Kier molecular flexibility index (Phi) is 6.11. The Hall–Kier alpha value is -1.11. The highest BCUT2D eigenvalue weighted by molar-refractivity contribution is 7.12. The van der Waals surface area contributed by atoms with Gasteiger partial charge in [0.1, 0.15) is 0 Å². The lowest BCUT2D eigenvalue weighted by Crippen LogP contribution is -2.42. The first-order valence-corrected chi connectivity index (χ1v) is 6.45. The van der Waals surface area contributed by atoms with Gasteiger partial charge >= 0.3 is 0 Å². The van der Waals surface area contributed by atoms with Crippen LogP contribution in [0.5, 0.6) is 0 Å². The topological polar surface area (TPSA) is 70.2 Å². The van der Waals surface area contributed by atoms with Crippen molar-refractivity contribution < 1.29 is 9.59 Å². The number of halogens is 1. The van der Waals surface area contributed by atoms with Crippen LogP contribution in [0.2, 0.25) is 0 Å². The second-order valence-electron chi connectivity index (χ2n) is 3.92. The second kappa shape index (κ2) is 7.35. The van der Waals surface area contributed by atoms with E-state index >= 15 is 0 Å². The molecule has 18 heavy (non-hydrogen) atoms. The molecular formula is C11H16ClN3O2S. The van der Waals surface area contributed by atoms with Crippen molar-refractivity contribution in [1.29, 1.82) is 0 Å². The number of rotatable bonds is 4. The summed E-state index contributed by atoms with van der Waals surface area (Å²) in [5.41, 5.74) is 0. The van der Waals surface area contributed by atoms with Crippen LogP contribution in [0.3, 0.4) is 0 Å². The molecule has 2 heterocycles. The molecule has 0 radical (unpaired) electrons. The normalized spacial score (nSPS) is 17.9. The standard InChI is InChI=1S/C11H15N3O2S.ClH/c15-10(14-8-3-4-12-6-8)7-13-11(16)9-2-1-5-17-9;/h1-2,5,8,12H,3-4,6-7H2,(H,13,16)(H,14,15);1H. The molecular weight excluding hydrogens is 274 g/mol. The lowest BCUT2D eigenvalue weighted by atomic mass is 10.2. The van der Waals surface area contributed by atoms with Crippen molar-refractivity contribution in [1.82, 2.24) is 16.0 Å². The number of thiophene rings is 1. The van der Waals surface area contributed by atoms with Gasteiger partial charge in [0.05, 0.1) is 11.4 Å². The summed E-state index contributed by atoms with van der Waals surface area (Å²) in [5.74, 6) is -0.330. The zero-order valence-corrected chi connectivity index (χ0v) is 11.4. The van der Waals surface area contributed by atoms with Crippen LogP contribution >= 0.6 is 23.7 Å². The van der Waals surface area contributed by atoms with Crippen molar-refractivity contribution in [3.8, 4) is 0 Å². The summed E-state index contributed by atoms with van der Waals surface area (Å²) in [5, 5.41) is 10.5. The van der Waals surface area contributed by atoms with Crippen LogP contribution in [0.4, 0.5) is 0 Å². The summed E-state index contributed by atoms with van der Waals surface area (Å²) in [4.78, 5) is 23.7. The average Bonchev–Trinajstić information content (AvgIpc) is 2.97. The summed E-state index contributed by atoms with van der Waals surface area (Å²) in [6.07, 6.45) is 0.949. The molecule has 1 saturated heterocycles. The zero-order chi connectivity index (χ0) is 12.1. The van der Waals surface area contributed by atoms with E-state index in [0.29, 0.717) is 4.88 Å². The van der Waals surface area contributed by atoms with Crippen molar-refractivity contribution in [2.45, 2.75) is 12.5 Å². The van der Waals surface area contributed by atoms with E-state index in [1.807, 2.05) is 11.4 Å². The third kappa shape index (κ3) is 4.29. The Labute approximate surface area is 116 Å². The SMILES string of the molecule is Cl.O=C(CNC(=O)c1cccs1)NC1CCNC1. The van der Waals surface area contributed by atoms with Crippen LogP contribution in [-0.4, -0.2) is 37.5 Å². The van der Waals surface area contributed by atoms with E-state index in [2.05, 4.69) is 16.0 Å². The van der Waals surface area contributed by atoms with Crippen LogP contribution in [-0.2, 0) is 4.79 Å². The highest BCUT2D eigenvalue weighted by atomic mass is 35.5. The minimum atomic E-state index is -0.195. The molecule has 3 N–H and O–H groups in total. The first-order chi connectivity index (χ1) is 8.25. The number of nitrogens with one attached hydrogen (secondary N) is 3. The number of carbonyl (C=O) groups excluding carboxylic acids is 2. The van der Waals surface area contributed by atoms with E-state index < -0.39 is 0 Å². The Bertz CT molecular complexity index is 391. The molecule has 1 aliphatic rings. The van der Waals surface area contributed by atoms with Crippen molar-refractivity contribution in [3.63, 3.8) is 0 Å². The summed E-state index contributed by atoms with van der Waals surface area (Å²) < 4.78 is 0. The Balaban J connectivity index is 0.00000162. The van der Waals surface area contributed by atoms with E-state index in [9.17, 15) is 9.59 Å². The van der Waals surface area contributed by atoms with Gasteiger partial charge < -0.3 is 16.0 Å². The molecule has 0 saturated carbocycles. The van der Waals surface area contributed by atoms with E-state index in [1.54, 1.807) is 6.07 Å². The largest absolute Gasteiger partial charge is 0.351 e. The van der Waals surface area contributed by atoms with Gasteiger partial charge in [-0.15, -0.1) is 23.7 Å². The first kappa shape index (κ1) is 14.9. The number of carbonyl (C=O) groups is 2. The van der Waals surface area contributed by atoms with Crippen molar-refractivity contribution in [2.24, 2.45) is 0 Å². The molecule has 1 aromatic heterocycles. The van der Waals surface area contributed by atoms with Crippen molar-refractivity contribution >= 4 is 35.6 Å². The quantitative estimate of drug-likeness (QED) is 0.750. The first-order valence-electron chi connectivity index (χ1n) is 5.57. The van der Waals surface area contributed by atoms with Crippen LogP contribution in [0.15, 0.2) is 17.5 Å². The van der Waals surface area contributed by atoms with Gasteiger partial charge in [-0.05, 0) is 24.4 Å². The zero-order valence-electron chi connectivity index (χ0n) is 9.77. The van der Waals surface area contributed by atoms with Gasteiger partial charge in [0.2, 0.25) is 5.91 Å². The molecule has 5 nitrogen and oxygen atoms in total. The van der Waals surface area contributed by atoms with Crippen molar-refractivity contribution in [2.75, 3.05) is 19.6 Å². The monoisotopic (exact) mass is 289 g/mol. The number of hydrogen-bond acceptors (Lipinski definition) is 4. The maximum absolute atomic E-state index is 11.6. The van der Waals surface area contributed by atoms with Gasteiger partial charge in [-0.1, -0.05) is 6.07 Å². The summed E-state index contributed by atoms with van der Waals surface area (Å²) in [6, 6.07) is 3.74. The predicted octanol–water partition coefficient (Wildman–Crippen LogP) is 0.378. The molecule has 1 aliphatic heterocycles.